The standard InChI is InChI=1S/C23H25N7O3/c31-19(8-5-9-20-27-21(30-33-20)16-10-14-24-15-11-16)25-12-3-4-13-26-22-17-6-1-2-7-18(17)23(32)29-28-22/h1-2,6-7,10-11,14-15H,3-5,8-9,12-13H2,(H,25,31)(H,26,28)(H,29,32). The largest absolute Gasteiger partial charge is 0.368 e. The van der Waals surface area contributed by atoms with E-state index >= 15 is 0 Å². The molecule has 0 unspecified atom stereocenters. The van der Waals surface area contributed by atoms with Crippen molar-refractivity contribution in [3.63, 3.8) is 0 Å². The minimum atomic E-state index is -0.202. The number of carbonyl (C=O) groups is 1. The summed E-state index contributed by atoms with van der Waals surface area (Å²) in [6.07, 6.45) is 6.63. The van der Waals surface area contributed by atoms with E-state index in [4.69, 9.17) is 4.52 Å². The summed E-state index contributed by atoms with van der Waals surface area (Å²) in [6, 6.07) is 11.0. The fourth-order valence-corrected chi connectivity index (χ4v) is 3.40. The molecule has 0 saturated carbocycles. The number of pyridine rings is 1. The van der Waals surface area contributed by atoms with Crippen LogP contribution in [-0.2, 0) is 11.2 Å². The molecule has 10 nitrogen and oxygen atoms in total. The second kappa shape index (κ2) is 11.0. The number of fused-ring (bicyclic) bond motifs is 1. The predicted octanol–water partition coefficient (Wildman–Crippen LogP) is 2.70. The lowest BCUT2D eigenvalue weighted by Gasteiger charge is -2.08. The van der Waals surface area contributed by atoms with E-state index in [1.807, 2.05) is 30.3 Å². The van der Waals surface area contributed by atoms with Gasteiger partial charge in [-0.05, 0) is 37.5 Å². The smallest absolute Gasteiger partial charge is 0.272 e. The van der Waals surface area contributed by atoms with Gasteiger partial charge in [0, 0.05) is 49.3 Å². The summed E-state index contributed by atoms with van der Waals surface area (Å²) < 4.78 is 5.25. The summed E-state index contributed by atoms with van der Waals surface area (Å²) in [7, 11) is 0. The first-order chi connectivity index (χ1) is 16.2. The Hall–Kier alpha value is -4.08. The van der Waals surface area contributed by atoms with Gasteiger partial charge in [0.2, 0.25) is 17.6 Å². The number of benzene rings is 1. The minimum Gasteiger partial charge on any atom is -0.368 e. The second-order valence-electron chi connectivity index (χ2n) is 7.53. The van der Waals surface area contributed by atoms with Crippen LogP contribution >= 0.6 is 0 Å². The van der Waals surface area contributed by atoms with Crippen molar-refractivity contribution >= 4 is 22.5 Å². The first-order valence-corrected chi connectivity index (χ1v) is 10.9. The van der Waals surface area contributed by atoms with Gasteiger partial charge in [-0.15, -0.1) is 0 Å². The number of anilines is 1. The molecule has 1 aromatic carbocycles. The number of aromatic nitrogens is 5. The maximum absolute atomic E-state index is 12.0. The number of aromatic amines is 1. The maximum Gasteiger partial charge on any atom is 0.272 e. The van der Waals surface area contributed by atoms with Gasteiger partial charge in [0.05, 0.1) is 5.39 Å². The van der Waals surface area contributed by atoms with Crippen LogP contribution in [-0.4, -0.2) is 44.3 Å². The molecule has 0 aliphatic carbocycles. The summed E-state index contributed by atoms with van der Waals surface area (Å²) in [5.74, 6) is 1.70. The Bertz CT molecular complexity index is 1250. The summed E-state index contributed by atoms with van der Waals surface area (Å²) in [4.78, 5) is 32.2. The van der Waals surface area contributed by atoms with Crippen molar-refractivity contribution in [2.24, 2.45) is 0 Å². The van der Waals surface area contributed by atoms with Crippen LogP contribution in [0.25, 0.3) is 22.2 Å². The monoisotopic (exact) mass is 447 g/mol. The molecule has 0 aliphatic heterocycles. The molecule has 0 aliphatic rings. The first kappa shape index (κ1) is 22.1. The van der Waals surface area contributed by atoms with Crippen LogP contribution in [0.4, 0.5) is 5.82 Å². The third-order valence-corrected chi connectivity index (χ3v) is 5.12. The van der Waals surface area contributed by atoms with E-state index < -0.39 is 0 Å². The van der Waals surface area contributed by atoms with Crippen LogP contribution in [0, 0.1) is 0 Å². The molecule has 0 bridgehead atoms. The summed E-state index contributed by atoms with van der Waals surface area (Å²) >= 11 is 0. The predicted molar refractivity (Wildman–Crippen MR) is 124 cm³/mol. The molecule has 170 valence electrons. The van der Waals surface area contributed by atoms with E-state index in [0.29, 0.717) is 55.3 Å². The second-order valence-corrected chi connectivity index (χ2v) is 7.53. The van der Waals surface area contributed by atoms with E-state index in [9.17, 15) is 9.59 Å². The number of aryl methyl sites for hydroxylation is 1. The van der Waals surface area contributed by atoms with Gasteiger partial charge in [0.1, 0.15) is 0 Å². The summed E-state index contributed by atoms with van der Waals surface area (Å²) in [5, 5.41) is 18.1. The molecule has 3 heterocycles. The number of rotatable bonds is 11. The van der Waals surface area contributed by atoms with Gasteiger partial charge in [0.15, 0.2) is 5.82 Å². The quantitative estimate of drug-likeness (QED) is 0.298. The van der Waals surface area contributed by atoms with E-state index in [0.717, 1.165) is 23.8 Å². The van der Waals surface area contributed by atoms with Gasteiger partial charge < -0.3 is 15.2 Å². The Kier molecular flexibility index (Phi) is 7.36. The van der Waals surface area contributed by atoms with Crippen LogP contribution in [0.5, 0.6) is 0 Å². The average Bonchev–Trinajstić information content (AvgIpc) is 3.32. The fourth-order valence-electron chi connectivity index (χ4n) is 3.40. The molecule has 0 fully saturated rings. The molecule has 10 heteroatoms. The molecule has 0 atom stereocenters. The number of nitrogens with zero attached hydrogens (tertiary/aromatic N) is 4. The SMILES string of the molecule is O=C(CCCc1nc(-c2ccncc2)no1)NCCCCNc1n[nH]c(=O)c2ccccc12. The number of nitrogens with one attached hydrogen (secondary N) is 3. The van der Waals surface area contributed by atoms with Crippen LogP contribution in [0.2, 0.25) is 0 Å². The zero-order valence-electron chi connectivity index (χ0n) is 18.1. The van der Waals surface area contributed by atoms with Gasteiger partial charge in [-0.25, -0.2) is 5.10 Å². The average molecular weight is 447 g/mol. The van der Waals surface area contributed by atoms with Crippen molar-refractivity contribution in [3.05, 3.63) is 65.0 Å². The molecule has 1 amide bonds. The van der Waals surface area contributed by atoms with Crippen molar-refractivity contribution in [1.82, 2.24) is 30.6 Å². The number of carbonyl (C=O) groups excluding carboxylic acids is 1. The number of unbranched alkanes of at least 4 members (excludes halogenated alkanes) is 1. The lowest BCUT2D eigenvalue weighted by Crippen LogP contribution is -2.24. The molecule has 4 aromatic rings. The summed E-state index contributed by atoms with van der Waals surface area (Å²) in [5.41, 5.74) is 0.642. The Morgan fingerprint density at radius 3 is 2.64 bits per heavy atom. The highest BCUT2D eigenvalue weighted by atomic mass is 16.5. The summed E-state index contributed by atoms with van der Waals surface area (Å²) in [6.45, 7) is 1.29. The van der Waals surface area contributed by atoms with Gasteiger partial charge >= 0.3 is 0 Å². The van der Waals surface area contributed by atoms with Gasteiger partial charge in [-0.3, -0.25) is 14.6 Å². The molecular formula is C23H25N7O3. The van der Waals surface area contributed by atoms with Crippen molar-refractivity contribution < 1.29 is 9.32 Å². The highest BCUT2D eigenvalue weighted by Gasteiger charge is 2.09. The van der Waals surface area contributed by atoms with Crippen LogP contribution in [0.15, 0.2) is 58.1 Å². The Morgan fingerprint density at radius 2 is 1.79 bits per heavy atom. The molecule has 3 N–H and O–H groups in total. The third-order valence-electron chi connectivity index (χ3n) is 5.12. The Labute approximate surface area is 189 Å². The lowest BCUT2D eigenvalue weighted by molar-refractivity contribution is -0.121. The fraction of sp³-hybridized carbons (Fsp3) is 0.304. The number of amides is 1. The highest BCUT2D eigenvalue weighted by molar-refractivity contribution is 5.90. The molecule has 33 heavy (non-hydrogen) atoms. The van der Waals surface area contributed by atoms with Crippen molar-refractivity contribution in [1.29, 1.82) is 0 Å². The Balaban J connectivity index is 1.10. The van der Waals surface area contributed by atoms with E-state index in [1.54, 1.807) is 18.5 Å². The van der Waals surface area contributed by atoms with Crippen LogP contribution in [0.3, 0.4) is 0 Å². The van der Waals surface area contributed by atoms with Crippen LogP contribution < -0.4 is 16.2 Å². The van der Waals surface area contributed by atoms with Crippen molar-refractivity contribution in [3.8, 4) is 11.4 Å². The van der Waals surface area contributed by atoms with Crippen molar-refractivity contribution in [2.45, 2.75) is 32.1 Å². The zero-order valence-corrected chi connectivity index (χ0v) is 18.1. The molecule has 3 aromatic heterocycles. The molecule has 4 rings (SSSR count). The first-order valence-electron chi connectivity index (χ1n) is 10.9. The molecule has 0 radical (unpaired) electrons. The van der Waals surface area contributed by atoms with E-state index in [-0.39, 0.29) is 11.5 Å². The molecular weight excluding hydrogens is 422 g/mol. The molecule has 0 spiro atoms. The van der Waals surface area contributed by atoms with Crippen molar-refractivity contribution in [2.75, 3.05) is 18.4 Å². The number of hydrogen-bond acceptors (Lipinski definition) is 8. The van der Waals surface area contributed by atoms with Gasteiger partial charge in [0.25, 0.3) is 5.56 Å². The maximum atomic E-state index is 12.0. The third kappa shape index (κ3) is 6.00. The Morgan fingerprint density at radius 1 is 1.00 bits per heavy atom. The van der Waals surface area contributed by atoms with Gasteiger partial charge in [-0.1, -0.05) is 23.4 Å². The minimum absolute atomic E-state index is 0.00475. The molecule has 0 saturated heterocycles. The number of H-pyrrole nitrogens is 1. The lowest BCUT2D eigenvalue weighted by atomic mass is 10.2. The topological polar surface area (TPSA) is 139 Å². The highest BCUT2D eigenvalue weighted by Crippen LogP contribution is 2.17. The normalized spacial score (nSPS) is 10.9. The van der Waals surface area contributed by atoms with Crippen LogP contribution in [0.1, 0.15) is 31.6 Å². The van der Waals surface area contributed by atoms with Gasteiger partial charge in [-0.2, -0.15) is 10.1 Å². The zero-order chi connectivity index (χ0) is 22.9. The van der Waals surface area contributed by atoms with E-state index in [2.05, 4.69) is 36.0 Å². The number of hydrogen-bond donors (Lipinski definition) is 3. The van der Waals surface area contributed by atoms with E-state index in [1.165, 1.54) is 0 Å².